The lowest BCUT2D eigenvalue weighted by molar-refractivity contribution is -0.135. The highest BCUT2D eigenvalue weighted by molar-refractivity contribution is 5.80. The normalized spacial score (nSPS) is 19.7. The molecule has 1 aliphatic heterocycles. The van der Waals surface area contributed by atoms with Crippen molar-refractivity contribution in [1.82, 2.24) is 30.2 Å². The summed E-state index contributed by atoms with van der Waals surface area (Å²) in [5, 5.41) is 25.0. The van der Waals surface area contributed by atoms with E-state index >= 15 is 0 Å². The minimum atomic E-state index is -0.682. The van der Waals surface area contributed by atoms with Gasteiger partial charge in [0, 0.05) is 30.9 Å². The van der Waals surface area contributed by atoms with Gasteiger partial charge in [0.05, 0.1) is 30.3 Å². The number of aromatic nitrogens is 4. The second-order valence-electron chi connectivity index (χ2n) is 7.04. The molecule has 0 saturated carbocycles. The highest BCUT2D eigenvalue weighted by Gasteiger charge is 2.31. The molecule has 0 unspecified atom stereocenters. The Balaban J connectivity index is 1.35. The minimum Gasteiger partial charge on any atom is -0.391 e. The number of aliphatic hydroxyl groups is 1. The van der Waals surface area contributed by atoms with Crippen LogP contribution in [0.15, 0.2) is 42.9 Å². The highest BCUT2D eigenvalue weighted by atomic mass is 16.3. The molecular weight excluding hydrogens is 360 g/mol. The first kappa shape index (κ1) is 18.2. The third-order valence-corrected chi connectivity index (χ3v) is 4.95. The van der Waals surface area contributed by atoms with Gasteiger partial charge < -0.3 is 15.3 Å². The van der Waals surface area contributed by atoms with Gasteiger partial charge in [0.15, 0.2) is 0 Å². The molecule has 28 heavy (non-hydrogen) atoms. The summed E-state index contributed by atoms with van der Waals surface area (Å²) in [5.74, 6) is -0.299. The number of aliphatic hydroxyl groups excluding tert-OH is 1. The Kier molecular flexibility index (Phi) is 5.07. The second kappa shape index (κ2) is 7.81. The van der Waals surface area contributed by atoms with Gasteiger partial charge in [0.1, 0.15) is 6.54 Å². The summed E-state index contributed by atoms with van der Waals surface area (Å²) in [4.78, 5) is 26.6. The molecule has 4 rings (SSSR count). The van der Waals surface area contributed by atoms with Gasteiger partial charge in [0.2, 0.25) is 11.8 Å². The number of hydrogen-bond acceptors (Lipinski definition) is 5. The maximum atomic E-state index is 12.5. The summed E-state index contributed by atoms with van der Waals surface area (Å²) >= 11 is 0. The number of hydrogen-bond donors (Lipinski definition) is 3. The predicted molar refractivity (Wildman–Crippen MR) is 101 cm³/mol. The van der Waals surface area contributed by atoms with Crippen LogP contribution in [0.2, 0.25) is 0 Å². The largest absolute Gasteiger partial charge is 0.391 e. The summed E-state index contributed by atoms with van der Waals surface area (Å²) in [6.07, 6.45) is 5.10. The fourth-order valence-electron chi connectivity index (χ4n) is 3.46. The van der Waals surface area contributed by atoms with Crippen LogP contribution >= 0.6 is 0 Å². The van der Waals surface area contributed by atoms with E-state index in [0.29, 0.717) is 13.0 Å². The van der Waals surface area contributed by atoms with Crippen LogP contribution in [0.5, 0.6) is 0 Å². The molecule has 3 heterocycles. The van der Waals surface area contributed by atoms with Gasteiger partial charge in [-0.05, 0) is 18.1 Å². The molecule has 0 spiro atoms. The third kappa shape index (κ3) is 4.04. The van der Waals surface area contributed by atoms with Crippen molar-refractivity contribution >= 4 is 22.7 Å². The molecule has 3 N–H and O–H groups in total. The van der Waals surface area contributed by atoms with Gasteiger partial charge >= 0.3 is 0 Å². The number of nitrogens with zero attached hydrogens (tertiary/aromatic N) is 4. The van der Waals surface area contributed by atoms with Gasteiger partial charge in [-0.15, -0.1) is 0 Å². The van der Waals surface area contributed by atoms with Crippen LogP contribution in [-0.2, 0) is 22.6 Å². The zero-order valence-electron chi connectivity index (χ0n) is 15.3. The summed E-state index contributed by atoms with van der Waals surface area (Å²) in [6.45, 7) is 0.806. The van der Waals surface area contributed by atoms with Crippen molar-refractivity contribution in [2.45, 2.75) is 31.5 Å². The second-order valence-corrected chi connectivity index (χ2v) is 7.04. The number of aromatic amines is 1. The van der Waals surface area contributed by atoms with Crippen molar-refractivity contribution in [2.75, 3.05) is 13.1 Å². The van der Waals surface area contributed by atoms with E-state index < -0.39 is 12.1 Å². The Morgan fingerprint density at radius 1 is 1.32 bits per heavy atom. The van der Waals surface area contributed by atoms with Crippen LogP contribution in [0.3, 0.4) is 0 Å². The Morgan fingerprint density at radius 3 is 2.96 bits per heavy atom. The zero-order valence-corrected chi connectivity index (χ0v) is 15.3. The lowest BCUT2D eigenvalue weighted by Crippen LogP contribution is -2.57. The van der Waals surface area contributed by atoms with Gasteiger partial charge in [-0.3, -0.25) is 19.4 Å². The summed E-state index contributed by atoms with van der Waals surface area (Å²) in [5.41, 5.74) is 1.63. The molecule has 2 amide bonds. The Morgan fingerprint density at radius 2 is 2.18 bits per heavy atom. The topological polar surface area (TPSA) is 116 Å². The molecule has 0 bridgehead atoms. The highest BCUT2D eigenvalue weighted by Crippen LogP contribution is 2.14. The molecule has 1 aliphatic rings. The molecule has 1 aromatic carbocycles. The van der Waals surface area contributed by atoms with Crippen molar-refractivity contribution in [3.05, 3.63) is 48.4 Å². The average molecular weight is 382 g/mol. The summed E-state index contributed by atoms with van der Waals surface area (Å²) in [6, 6.07) is 7.14. The number of piperidine rings is 1. The Labute approximate surface area is 161 Å². The number of amides is 2. The molecule has 1 fully saturated rings. The van der Waals surface area contributed by atoms with E-state index in [1.807, 2.05) is 30.5 Å². The van der Waals surface area contributed by atoms with Crippen molar-refractivity contribution < 1.29 is 14.7 Å². The fraction of sp³-hybridized carbons (Fsp3) is 0.368. The standard InChI is InChI=1S/C19H22N6O3/c26-17-5-6-24(19(28)7-13-8-20-21-9-13)11-16(17)22-18(27)12-25-10-14-3-1-2-4-15(14)23-25/h1-4,8-10,16-17,26H,5-7,11-12H2,(H,20,21)(H,22,27)/t16-,17-/m1/s1. The predicted octanol–water partition coefficient (Wildman–Crippen LogP) is 0.0801. The van der Waals surface area contributed by atoms with Crippen LogP contribution in [0.1, 0.15) is 12.0 Å². The number of nitrogens with one attached hydrogen (secondary N) is 2. The molecule has 2 aromatic heterocycles. The summed E-state index contributed by atoms with van der Waals surface area (Å²) < 4.78 is 1.58. The fourth-order valence-corrected chi connectivity index (χ4v) is 3.46. The minimum absolute atomic E-state index is 0.0501. The number of carbonyl (C=O) groups excluding carboxylic acids is 2. The van der Waals surface area contributed by atoms with Crippen LogP contribution in [-0.4, -0.2) is 67.0 Å². The van der Waals surface area contributed by atoms with Gasteiger partial charge in [0.25, 0.3) is 0 Å². The molecule has 9 heteroatoms. The SMILES string of the molecule is O=C(Cn1cc2ccccc2n1)N[C@@H]1CN(C(=O)Cc2cn[nH]c2)CC[C@H]1O. The van der Waals surface area contributed by atoms with E-state index in [9.17, 15) is 14.7 Å². The molecule has 2 atom stereocenters. The van der Waals surface area contributed by atoms with E-state index in [2.05, 4.69) is 20.6 Å². The Hall–Kier alpha value is -3.20. The van der Waals surface area contributed by atoms with E-state index in [1.54, 1.807) is 22.0 Å². The first-order chi connectivity index (χ1) is 13.6. The van der Waals surface area contributed by atoms with Crippen molar-refractivity contribution in [3.63, 3.8) is 0 Å². The van der Waals surface area contributed by atoms with Crippen molar-refractivity contribution in [1.29, 1.82) is 0 Å². The maximum absolute atomic E-state index is 12.5. The molecule has 1 saturated heterocycles. The van der Waals surface area contributed by atoms with Crippen molar-refractivity contribution in [3.8, 4) is 0 Å². The van der Waals surface area contributed by atoms with Crippen LogP contribution in [0.4, 0.5) is 0 Å². The van der Waals surface area contributed by atoms with E-state index in [1.165, 1.54) is 0 Å². The lowest BCUT2D eigenvalue weighted by Gasteiger charge is -2.36. The van der Waals surface area contributed by atoms with Crippen LogP contribution in [0, 0.1) is 0 Å². The Bertz CT molecular complexity index is 934. The average Bonchev–Trinajstić information content (AvgIpc) is 3.32. The molecule has 9 nitrogen and oxygen atoms in total. The quantitative estimate of drug-likeness (QED) is 0.578. The first-order valence-corrected chi connectivity index (χ1v) is 9.23. The van der Waals surface area contributed by atoms with Gasteiger partial charge in [-0.2, -0.15) is 10.2 Å². The molecule has 0 radical (unpaired) electrons. The summed E-state index contributed by atoms with van der Waals surface area (Å²) in [7, 11) is 0. The number of H-pyrrole nitrogens is 1. The molecule has 3 aromatic rings. The van der Waals surface area contributed by atoms with Gasteiger partial charge in [-0.1, -0.05) is 18.2 Å². The van der Waals surface area contributed by atoms with Crippen molar-refractivity contribution in [2.24, 2.45) is 0 Å². The van der Waals surface area contributed by atoms with E-state index in [-0.39, 0.29) is 31.3 Å². The van der Waals surface area contributed by atoms with Crippen LogP contribution < -0.4 is 5.32 Å². The first-order valence-electron chi connectivity index (χ1n) is 9.23. The zero-order chi connectivity index (χ0) is 19.5. The van der Waals surface area contributed by atoms with E-state index in [4.69, 9.17) is 0 Å². The van der Waals surface area contributed by atoms with Gasteiger partial charge in [-0.25, -0.2) is 0 Å². The number of rotatable bonds is 5. The lowest BCUT2D eigenvalue weighted by atomic mass is 10.0. The molecule has 0 aliphatic carbocycles. The van der Waals surface area contributed by atoms with Crippen LogP contribution in [0.25, 0.3) is 10.9 Å². The number of benzene rings is 1. The van der Waals surface area contributed by atoms with E-state index in [0.717, 1.165) is 16.5 Å². The number of likely N-dealkylation sites (tertiary alicyclic amines) is 1. The maximum Gasteiger partial charge on any atom is 0.242 e. The monoisotopic (exact) mass is 382 g/mol. The molecular formula is C19H22N6O3. The smallest absolute Gasteiger partial charge is 0.242 e. The third-order valence-electron chi connectivity index (χ3n) is 4.95. The number of carbonyl (C=O) groups is 2. The molecule has 146 valence electrons. The number of fused-ring (bicyclic) bond motifs is 1.